The average molecular weight is 193 g/mol. The Morgan fingerprint density at radius 1 is 1.64 bits per heavy atom. The third-order valence-electron chi connectivity index (χ3n) is 2.11. The Bertz CT molecular complexity index is 339. The smallest absolute Gasteiger partial charge is 0.352 e. The first-order chi connectivity index (χ1) is 6.70. The van der Waals surface area contributed by atoms with Gasteiger partial charge in [-0.2, -0.15) is 0 Å². The van der Waals surface area contributed by atoms with Crippen molar-refractivity contribution in [3.05, 3.63) is 36.2 Å². The molecular formula is C11H15NO2. The highest BCUT2D eigenvalue weighted by molar-refractivity contribution is 5.86. The molecule has 0 aromatic carbocycles. The highest BCUT2D eigenvalue weighted by atomic mass is 16.4. The van der Waals surface area contributed by atoms with E-state index in [4.69, 9.17) is 5.11 Å². The third kappa shape index (κ3) is 2.05. The molecule has 0 amide bonds. The molecule has 1 heterocycles. The summed E-state index contributed by atoms with van der Waals surface area (Å²) in [4.78, 5) is 10.9. The van der Waals surface area contributed by atoms with E-state index in [2.05, 4.69) is 13.5 Å². The van der Waals surface area contributed by atoms with Crippen LogP contribution >= 0.6 is 0 Å². The molecular weight excluding hydrogens is 178 g/mol. The topological polar surface area (TPSA) is 42.2 Å². The molecule has 0 unspecified atom stereocenters. The standard InChI is InChI=1S/C11H15NO2/c1-3-5-9-6-7-10(11(13)14)12(9)8-4-2/h4,6-7H,2-3,5,8H2,1H3,(H,13,14). The van der Waals surface area contributed by atoms with Crippen molar-refractivity contribution in [3.63, 3.8) is 0 Å². The van der Waals surface area contributed by atoms with Gasteiger partial charge in [-0.05, 0) is 18.6 Å². The Morgan fingerprint density at radius 2 is 2.36 bits per heavy atom. The number of rotatable bonds is 5. The summed E-state index contributed by atoms with van der Waals surface area (Å²) in [6.07, 6.45) is 3.63. The van der Waals surface area contributed by atoms with Gasteiger partial charge in [-0.15, -0.1) is 6.58 Å². The lowest BCUT2D eigenvalue weighted by atomic mass is 10.2. The molecule has 0 aliphatic rings. The molecule has 14 heavy (non-hydrogen) atoms. The second kappa shape index (κ2) is 4.65. The average Bonchev–Trinajstić information content (AvgIpc) is 2.50. The summed E-state index contributed by atoms with van der Waals surface area (Å²) in [5.41, 5.74) is 1.40. The van der Waals surface area contributed by atoms with Crippen LogP contribution in [0.25, 0.3) is 0 Å². The van der Waals surface area contributed by atoms with Gasteiger partial charge in [0.1, 0.15) is 5.69 Å². The molecule has 0 fully saturated rings. The SMILES string of the molecule is C=CCn1c(CCC)ccc1C(=O)O. The Kier molecular flexibility index (Phi) is 3.51. The lowest BCUT2D eigenvalue weighted by molar-refractivity contribution is 0.0685. The van der Waals surface area contributed by atoms with Crippen molar-refractivity contribution < 1.29 is 9.90 Å². The van der Waals surface area contributed by atoms with Gasteiger partial charge in [-0.1, -0.05) is 19.4 Å². The molecule has 0 spiro atoms. The Hall–Kier alpha value is -1.51. The van der Waals surface area contributed by atoms with Gasteiger partial charge in [0, 0.05) is 12.2 Å². The van der Waals surface area contributed by atoms with E-state index in [9.17, 15) is 4.79 Å². The molecule has 0 aliphatic carbocycles. The van der Waals surface area contributed by atoms with Gasteiger partial charge in [0.05, 0.1) is 0 Å². The Balaban J connectivity index is 3.05. The fraction of sp³-hybridized carbons (Fsp3) is 0.364. The van der Waals surface area contributed by atoms with Crippen molar-refractivity contribution in [1.82, 2.24) is 4.57 Å². The summed E-state index contributed by atoms with van der Waals surface area (Å²) in [7, 11) is 0. The molecule has 0 saturated heterocycles. The Morgan fingerprint density at radius 3 is 2.86 bits per heavy atom. The third-order valence-corrected chi connectivity index (χ3v) is 2.11. The van der Waals surface area contributed by atoms with E-state index in [1.807, 2.05) is 6.07 Å². The monoisotopic (exact) mass is 193 g/mol. The summed E-state index contributed by atoms with van der Waals surface area (Å²) in [6.45, 7) is 6.26. The molecule has 0 atom stereocenters. The number of carboxylic acids is 1. The number of aromatic nitrogens is 1. The number of nitrogens with zero attached hydrogens (tertiary/aromatic N) is 1. The molecule has 0 radical (unpaired) electrons. The van der Waals surface area contributed by atoms with E-state index in [1.54, 1.807) is 16.7 Å². The molecule has 3 heteroatoms. The van der Waals surface area contributed by atoms with Gasteiger partial charge in [0.15, 0.2) is 0 Å². The minimum Gasteiger partial charge on any atom is -0.477 e. The number of aromatic carboxylic acids is 1. The van der Waals surface area contributed by atoms with E-state index in [0.717, 1.165) is 18.5 Å². The molecule has 1 N–H and O–H groups in total. The first kappa shape index (κ1) is 10.6. The lowest BCUT2D eigenvalue weighted by Gasteiger charge is -2.07. The molecule has 1 aromatic rings. The molecule has 0 aliphatic heterocycles. The zero-order valence-corrected chi connectivity index (χ0v) is 8.36. The van der Waals surface area contributed by atoms with Crippen LogP contribution < -0.4 is 0 Å². The predicted molar refractivity (Wildman–Crippen MR) is 55.6 cm³/mol. The van der Waals surface area contributed by atoms with Gasteiger partial charge in [0.2, 0.25) is 0 Å². The molecule has 76 valence electrons. The molecule has 3 nitrogen and oxygen atoms in total. The van der Waals surface area contributed by atoms with Crippen LogP contribution in [0.5, 0.6) is 0 Å². The number of carbonyl (C=O) groups is 1. The van der Waals surface area contributed by atoms with Crippen LogP contribution in [-0.2, 0) is 13.0 Å². The highest BCUT2D eigenvalue weighted by Crippen LogP contribution is 2.11. The van der Waals surface area contributed by atoms with Crippen molar-refractivity contribution in [2.75, 3.05) is 0 Å². The quantitative estimate of drug-likeness (QED) is 0.729. The van der Waals surface area contributed by atoms with Crippen molar-refractivity contribution >= 4 is 5.97 Å². The van der Waals surface area contributed by atoms with Gasteiger partial charge in [-0.3, -0.25) is 0 Å². The van der Waals surface area contributed by atoms with Gasteiger partial charge < -0.3 is 9.67 Å². The Labute approximate surface area is 83.7 Å². The first-order valence-electron chi connectivity index (χ1n) is 4.73. The highest BCUT2D eigenvalue weighted by Gasteiger charge is 2.11. The lowest BCUT2D eigenvalue weighted by Crippen LogP contribution is -2.10. The van der Waals surface area contributed by atoms with E-state index in [-0.39, 0.29) is 0 Å². The van der Waals surface area contributed by atoms with Crippen molar-refractivity contribution in [2.24, 2.45) is 0 Å². The molecule has 0 bridgehead atoms. The molecule has 1 rings (SSSR count). The summed E-state index contributed by atoms with van der Waals surface area (Å²) in [5.74, 6) is -0.880. The van der Waals surface area contributed by atoms with E-state index in [0.29, 0.717) is 12.2 Å². The maximum atomic E-state index is 10.9. The number of aryl methyl sites for hydroxylation is 1. The molecule has 0 saturated carbocycles. The van der Waals surface area contributed by atoms with Crippen molar-refractivity contribution in [1.29, 1.82) is 0 Å². The fourth-order valence-electron chi connectivity index (χ4n) is 1.52. The zero-order chi connectivity index (χ0) is 10.6. The van der Waals surface area contributed by atoms with Gasteiger partial charge >= 0.3 is 5.97 Å². The minimum atomic E-state index is -0.880. The second-order valence-corrected chi connectivity index (χ2v) is 3.16. The predicted octanol–water partition coefficient (Wildman–Crippen LogP) is 2.32. The fourth-order valence-corrected chi connectivity index (χ4v) is 1.52. The number of carboxylic acid groups (broad SMARTS) is 1. The largest absolute Gasteiger partial charge is 0.477 e. The van der Waals surface area contributed by atoms with Crippen LogP contribution in [-0.4, -0.2) is 15.6 Å². The number of allylic oxidation sites excluding steroid dienone is 1. The van der Waals surface area contributed by atoms with E-state index >= 15 is 0 Å². The van der Waals surface area contributed by atoms with Gasteiger partial charge in [0.25, 0.3) is 0 Å². The zero-order valence-electron chi connectivity index (χ0n) is 8.36. The van der Waals surface area contributed by atoms with E-state index in [1.165, 1.54) is 0 Å². The maximum Gasteiger partial charge on any atom is 0.352 e. The minimum absolute atomic E-state index is 0.341. The maximum absolute atomic E-state index is 10.9. The van der Waals surface area contributed by atoms with Crippen LogP contribution in [0, 0.1) is 0 Å². The summed E-state index contributed by atoms with van der Waals surface area (Å²) in [6, 6.07) is 3.52. The van der Waals surface area contributed by atoms with Gasteiger partial charge in [-0.25, -0.2) is 4.79 Å². The van der Waals surface area contributed by atoms with Crippen LogP contribution in [0.3, 0.4) is 0 Å². The summed E-state index contributed by atoms with van der Waals surface area (Å²) in [5, 5.41) is 8.92. The van der Waals surface area contributed by atoms with Crippen LogP contribution in [0.15, 0.2) is 24.8 Å². The second-order valence-electron chi connectivity index (χ2n) is 3.16. The van der Waals surface area contributed by atoms with Crippen LogP contribution in [0.1, 0.15) is 29.5 Å². The summed E-state index contributed by atoms with van der Waals surface area (Å²) >= 11 is 0. The first-order valence-corrected chi connectivity index (χ1v) is 4.73. The van der Waals surface area contributed by atoms with E-state index < -0.39 is 5.97 Å². The summed E-state index contributed by atoms with van der Waals surface area (Å²) < 4.78 is 1.79. The van der Waals surface area contributed by atoms with Crippen molar-refractivity contribution in [2.45, 2.75) is 26.3 Å². The van der Waals surface area contributed by atoms with Crippen LogP contribution in [0.4, 0.5) is 0 Å². The van der Waals surface area contributed by atoms with Crippen LogP contribution in [0.2, 0.25) is 0 Å². The number of hydrogen-bond donors (Lipinski definition) is 1. The van der Waals surface area contributed by atoms with Crippen molar-refractivity contribution in [3.8, 4) is 0 Å². The normalized spacial score (nSPS) is 10.1. The number of hydrogen-bond acceptors (Lipinski definition) is 1. The molecule has 1 aromatic heterocycles.